The minimum atomic E-state index is -3.59. The van der Waals surface area contributed by atoms with Gasteiger partial charge in [-0.1, -0.05) is 65.7 Å². The van der Waals surface area contributed by atoms with Crippen LogP contribution >= 0.6 is 23.2 Å². The number of nitrogens with zero attached hydrogens (tertiary/aromatic N) is 2. The summed E-state index contributed by atoms with van der Waals surface area (Å²) in [5.74, 6) is -0.561. The average Bonchev–Trinajstić information content (AvgIpc) is 2.90. The van der Waals surface area contributed by atoms with Crippen LogP contribution in [0.15, 0.2) is 66.7 Å². The monoisotopic (exact) mass is 631 g/mol. The van der Waals surface area contributed by atoms with Crippen molar-refractivity contribution in [3.05, 3.63) is 99.0 Å². The number of hydrogen-bond donors (Lipinski definition) is 1. The molecule has 0 aromatic heterocycles. The molecule has 0 aliphatic carbocycles. The largest absolute Gasteiger partial charge is 0.352 e. The first-order valence-corrected chi connectivity index (χ1v) is 16.5. The zero-order chi connectivity index (χ0) is 31.0. The summed E-state index contributed by atoms with van der Waals surface area (Å²) in [5.41, 5.74) is 4.14. The van der Waals surface area contributed by atoms with Gasteiger partial charge in [0.1, 0.15) is 6.04 Å². The Morgan fingerprint density at radius 2 is 1.62 bits per heavy atom. The van der Waals surface area contributed by atoms with Crippen LogP contribution in [-0.4, -0.2) is 50.0 Å². The molecule has 0 bridgehead atoms. The summed E-state index contributed by atoms with van der Waals surface area (Å²) >= 11 is 12.6. The van der Waals surface area contributed by atoms with E-state index in [9.17, 15) is 18.0 Å². The molecule has 226 valence electrons. The van der Waals surface area contributed by atoms with Gasteiger partial charge in [-0.15, -0.1) is 0 Å². The molecule has 1 unspecified atom stereocenters. The number of amides is 2. The van der Waals surface area contributed by atoms with E-state index >= 15 is 0 Å². The van der Waals surface area contributed by atoms with Crippen LogP contribution in [0.2, 0.25) is 10.0 Å². The van der Waals surface area contributed by atoms with Crippen molar-refractivity contribution >= 4 is 50.7 Å². The van der Waals surface area contributed by atoms with Crippen molar-refractivity contribution in [2.75, 3.05) is 17.1 Å². The fraction of sp³-hybridized carbons (Fsp3) is 0.375. The van der Waals surface area contributed by atoms with Gasteiger partial charge in [0.15, 0.2) is 0 Å². The number of aryl methyl sites for hydroxylation is 2. The molecule has 42 heavy (non-hydrogen) atoms. The van der Waals surface area contributed by atoms with Crippen LogP contribution in [0.25, 0.3) is 0 Å². The highest BCUT2D eigenvalue weighted by Gasteiger charge is 2.31. The quantitative estimate of drug-likeness (QED) is 0.239. The zero-order valence-corrected chi connectivity index (χ0v) is 27.1. The number of benzene rings is 3. The fourth-order valence-electron chi connectivity index (χ4n) is 4.65. The molecule has 7 nitrogen and oxygen atoms in total. The minimum Gasteiger partial charge on any atom is -0.352 e. The van der Waals surface area contributed by atoms with Crippen molar-refractivity contribution in [2.24, 2.45) is 0 Å². The van der Waals surface area contributed by atoms with Gasteiger partial charge in [-0.3, -0.25) is 13.9 Å². The Morgan fingerprint density at radius 1 is 0.929 bits per heavy atom. The molecule has 1 N–H and O–H groups in total. The minimum absolute atomic E-state index is 0.0301. The highest BCUT2D eigenvalue weighted by Crippen LogP contribution is 2.26. The van der Waals surface area contributed by atoms with E-state index in [0.717, 1.165) is 22.9 Å². The third-order valence-corrected chi connectivity index (χ3v) is 8.77. The van der Waals surface area contributed by atoms with Crippen molar-refractivity contribution in [3.8, 4) is 0 Å². The summed E-state index contributed by atoms with van der Waals surface area (Å²) in [5, 5.41) is 3.81. The lowest BCUT2D eigenvalue weighted by Gasteiger charge is -2.32. The van der Waals surface area contributed by atoms with Crippen molar-refractivity contribution in [1.29, 1.82) is 0 Å². The van der Waals surface area contributed by atoms with Gasteiger partial charge in [0.25, 0.3) is 0 Å². The van der Waals surface area contributed by atoms with E-state index in [1.165, 1.54) is 4.31 Å². The van der Waals surface area contributed by atoms with Gasteiger partial charge in [0.05, 0.1) is 11.9 Å². The maximum atomic E-state index is 13.9. The first-order valence-electron chi connectivity index (χ1n) is 13.9. The molecule has 0 aliphatic heterocycles. The molecule has 0 radical (unpaired) electrons. The summed E-state index contributed by atoms with van der Waals surface area (Å²) in [6, 6.07) is 19.1. The highest BCUT2D eigenvalue weighted by molar-refractivity contribution is 7.92. The Bertz CT molecular complexity index is 1500. The second-order valence-electron chi connectivity index (χ2n) is 10.8. The number of sulfonamides is 1. The molecule has 0 saturated heterocycles. The summed E-state index contributed by atoms with van der Waals surface area (Å²) in [6.07, 6.45) is 1.75. The van der Waals surface area contributed by atoms with Gasteiger partial charge < -0.3 is 10.2 Å². The first kappa shape index (κ1) is 33.4. The second-order valence-corrected chi connectivity index (χ2v) is 13.6. The van der Waals surface area contributed by atoms with Crippen molar-refractivity contribution in [1.82, 2.24) is 10.2 Å². The van der Waals surface area contributed by atoms with E-state index in [0.29, 0.717) is 27.7 Å². The van der Waals surface area contributed by atoms with Gasteiger partial charge in [-0.05, 0) is 80.6 Å². The number of hydrogen-bond acceptors (Lipinski definition) is 4. The van der Waals surface area contributed by atoms with Crippen LogP contribution in [0.4, 0.5) is 5.69 Å². The van der Waals surface area contributed by atoms with Gasteiger partial charge >= 0.3 is 0 Å². The predicted molar refractivity (Wildman–Crippen MR) is 172 cm³/mol. The third kappa shape index (κ3) is 9.48. The standard InChI is InChI=1S/C32H39Cl2N3O4S/c1-22(2)35-32(39)30(19-25-10-7-6-8-11-25)36(21-26-14-15-27(33)20-29(26)34)31(38)12-9-17-37(42(5,40)41)28-16-13-23(3)24(4)18-28/h6-8,10-11,13-16,18,20,22,30H,9,12,17,19,21H2,1-5H3,(H,35,39). The van der Waals surface area contributed by atoms with E-state index < -0.39 is 16.1 Å². The highest BCUT2D eigenvalue weighted by atomic mass is 35.5. The van der Waals surface area contributed by atoms with Gasteiger partial charge in [0.2, 0.25) is 21.8 Å². The topological polar surface area (TPSA) is 86.8 Å². The van der Waals surface area contributed by atoms with Crippen LogP contribution in [0.5, 0.6) is 0 Å². The number of anilines is 1. The lowest BCUT2D eigenvalue weighted by molar-refractivity contribution is -0.141. The van der Waals surface area contributed by atoms with Gasteiger partial charge in [0, 0.05) is 42.0 Å². The van der Waals surface area contributed by atoms with Crippen LogP contribution in [0.3, 0.4) is 0 Å². The van der Waals surface area contributed by atoms with Crippen LogP contribution < -0.4 is 9.62 Å². The van der Waals surface area contributed by atoms with Crippen molar-refractivity contribution in [2.45, 2.75) is 65.6 Å². The van der Waals surface area contributed by atoms with Gasteiger partial charge in [-0.2, -0.15) is 0 Å². The molecule has 0 saturated carbocycles. The van der Waals surface area contributed by atoms with E-state index in [2.05, 4.69) is 5.32 Å². The Labute approximate surface area is 259 Å². The van der Waals surface area contributed by atoms with Crippen LogP contribution in [0.1, 0.15) is 48.9 Å². The molecular weight excluding hydrogens is 593 g/mol. The SMILES string of the molecule is Cc1ccc(N(CCCC(=O)N(Cc2ccc(Cl)cc2Cl)C(Cc2ccccc2)C(=O)NC(C)C)S(C)(=O)=O)cc1C. The summed E-state index contributed by atoms with van der Waals surface area (Å²) in [6.45, 7) is 7.83. The lowest BCUT2D eigenvalue weighted by atomic mass is 10.0. The van der Waals surface area contributed by atoms with Crippen molar-refractivity contribution in [3.63, 3.8) is 0 Å². The molecule has 3 aromatic rings. The molecule has 10 heteroatoms. The molecule has 3 aromatic carbocycles. The molecule has 0 heterocycles. The molecular formula is C32H39Cl2N3O4S. The molecule has 0 aliphatic rings. The normalized spacial score (nSPS) is 12.2. The second kappa shape index (κ2) is 14.9. The molecule has 0 fully saturated rings. The Hall–Kier alpha value is -3.07. The Balaban J connectivity index is 1.91. The van der Waals surface area contributed by atoms with Crippen LogP contribution in [0, 0.1) is 13.8 Å². The van der Waals surface area contributed by atoms with Crippen LogP contribution in [-0.2, 0) is 32.6 Å². The summed E-state index contributed by atoms with van der Waals surface area (Å²) < 4.78 is 26.7. The van der Waals surface area contributed by atoms with E-state index in [1.807, 2.05) is 70.2 Å². The fourth-order valence-corrected chi connectivity index (χ4v) is 6.08. The number of nitrogens with one attached hydrogen (secondary N) is 1. The molecule has 0 spiro atoms. The summed E-state index contributed by atoms with van der Waals surface area (Å²) in [7, 11) is -3.59. The number of carbonyl (C=O) groups excluding carboxylic acids is 2. The molecule has 1 atom stereocenters. The smallest absolute Gasteiger partial charge is 0.243 e. The third-order valence-electron chi connectivity index (χ3n) is 6.99. The van der Waals surface area contributed by atoms with E-state index in [4.69, 9.17) is 23.2 Å². The average molecular weight is 633 g/mol. The molecule has 2 amide bonds. The van der Waals surface area contributed by atoms with Gasteiger partial charge in [-0.25, -0.2) is 8.42 Å². The maximum absolute atomic E-state index is 13.9. The Morgan fingerprint density at radius 3 is 2.21 bits per heavy atom. The zero-order valence-electron chi connectivity index (χ0n) is 24.7. The van der Waals surface area contributed by atoms with E-state index in [1.54, 1.807) is 29.2 Å². The molecule has 3 rings (SSSR count). The number of carbonyl (C=O) groups is 2. The maximum Gasteiger partial charge on any atom is 0.243 e. The van der Waals surface area contributed by atoms with E-state index in [-0.39, 0.29) is 43.8 Å². The predicted octanol–water partition coefficient (Wildman–Crippen LogP) is 6.32. The summed E-state index contributed by atoms with van der Waals surface area (Å²) in [4.78, 5) is 29.0. The van der Waals surface area contributed by atoms with Crippen molar-refractivity contribution < 1.29 is 18.0 Å². The lowest BCUT2D eigenvalue weighted by Crippen LogP contribution is -2.51. The first-order chi connectivity index (χ1) is 19.8. The number of rotatable bonds is 13. The Kier molecular flexibility index (Phi) is 11.9. The number of halogens is 2.